The Kier molecular flexibility index (Phi) is 9.94. The van der Waals surface area contributed by atoms with Crippen LogP contribution in [0.5, 0.6) is 0 Å². The third-order valence-corrected chi connectivity index (χ3v) is 7.18. The van der Waals surface area contributed by atoms with E-state index < -0.39 is 6.04 Å². The fourth-order valence-electron chi connectivity index (χ4n) is 4.23. The molecule has 0 aromatic heterocycles. The number of rotatable bonds is 11. The topological polar surface area (TPSA) is 49.4 Å². The van der Waals surface area contributed by atoms with E-state index in [0.29, 0.717) is 29.5 Å². The number of nitrogens with zero attached hydrogens (tertiary/aromatic N) is 1. The van der Waals surface area contributed by atoms with Crippen LogP contribution in [0, 0.1) is 0 Å². The van der Waals surface area contributed by atoms with Gasteiger partial charge in [-0.3, -0.25) is 9.59 Å². The molecule has 1 N–H and O–H groups in total. The predicted octanol–water partition coefficient (Wildman–Crippen LogP) is 5.48. The lowest BCUT2D eigenvalue weighted by molar-refractivity contribution is -0.139. The van der Waals surface area contributed by atoms with Gasteiger partial charge in [-0.15, -0.1) is 11.8 Å². The maximum atomic E-state index is 13.3. The second-order valence-electron chi connectivity index (χ2n) is 8.36. The van der Waals surface area contributed by atoms with Crippen LogP contribution in [-0.4, -0.2) is 41.1 Å². The molecule has 1 atom stereocenters. The van der Waals surface area contributed by atoms with Gasteiger partial charge >= 0.3 is 0 Å². The van der Waals surface area contributed by atoms with E-state index in [2.05, 4.69) is 17.4 Å². The molecule has 0 spiro atoms. The number of nitrogens with one attached hydrogen (secondary N) is 1. The largest absolute Gasteiger partial charge is 0.352 e. The molecule has 4 nitrogen and oxygen atoms in total. The summed E-state index contributed by atoms with van der Waals surface area (Å²) in [5, 5.41) is 3.90. The van der Waals surface area contributed by atoms with Gasteiger partial charge in [0.15, 0.2) is 0 Å². The summed E-state index contributed by atoms with van der Waals surface area (Å²) >= 11 is 7.64. The molecule has 1 aliphatic rings. The number of amides is 2. The van der Waals surface area contributed by atoms with Crippen molar-refractivity contribution < 1.29 is 9.59 Å². The minimum absolute atomic E-state index is 0.0133. The van der Waals surface area contributed by atoms with Gasteiger partial charge in [0.1, 0.15) is 6.04 Å². The third kappa shape index (κ3) is 7.56. The minimum Gasteiger partial charge on any atom is -0.352 e. The van der Waals surface area contributed by atoms with E-state index in [1.165, 1.54) is 18.4 Å². The Hall–Kier alpha value is -1.98. The Labute approximate surface area is 201 Å². The Morgan fingerprint density at radius 2 is 1.81 bits per heavy atom. The van der Waals surface area contributed by atoms with Crippen molar-refractivity contribution in [3.8, 4) is 0 Å². The van der Waals surface area contributed by atoms with Crippen molar-refractivity contribution >= 4 is 35.2 Å². The van der Waals surface area contributed by atoms with Crippen molar-refractivity contribution in [3.63, 3.8) is 0 Å². The lowest BCUT2D eigenvalue weighted by Gasteiger charge is -2.31. The summed E-state index contributed by atoms with van der Waals surface area (Å²) < 4.78 is 0. The third-order valence-electron chi connectivity index (χ3n) is 5.95. The summed E-state index contributed by atoms with van der Waals surface area (Å²) in [7, 11) is 0. The van der Waals surface area contributed by atoms with Gasteiger partial charge < -0.3 is 10.2 Å². The minimum atomic E-state index is -0.432. The van der Waals surface area contributed by atoms with Gasteiger partial charge in [0.25, 0.3) is 0 Å². The van der Waals surface area contributed by atoms with Crippen LogP contribution >= 0.6 is 23.4 Å². The second kappa shape index (κ2) is 12.9. The summed E-state index contributed by atoms with van der Waals surface area (Å²) in [4.78, 5) is 28.2. The number of hydrogen-bond donors (Lipinski definition) is 1. The van der Waals surface area contributed by atoms with Gasteiger partial charge in [-0.05, 0) is 48.9 Å². The molecule has 172 valence electrons. The molecule has 0 aliphatic heterocycles. The fourth-order valence-corrected chi connectivity index (χ4v) is 5.30. The van der Waals surface area contributed by atoms with Gasteiger partial charge in [-0.1, -0.05) is 73.8 Å². The Morgan fingerprint density at radius 3 is 2.50 bits per heavy atom. The highest BCUT2D eigenvalue weighted by Crippen LogP contribution is 2.20. The van der Waals surface area contributed by atoms with Crippen molar-refractivity contribution in [1.29, 1.82) is 0 Å². The van der Waals surface area contributed by atoms with Crippen molar-refractivity contribution in [2.45, 2.75) is 63.3 Å². The Morgan fingerprint density at radius 1 is 1.09 bits per heavy atom. The quantitative estimate of drug-likeness (QED) is 0.471. The predicted molar refractivity (Wildman–Crippen MR) is 134 cm³/mol. The number of halogens is 1. The highest BCUT2D eigenvalue weighted by atomic mass is 35.5. The number of carbonyl (C=O) groups is 2. The molecule has 2 amide bonds. The van der Waals surface area contributed by atoms with E-state index in [9.17, 15) is 9.59 Å². The smallest absolute Gasteiger partial charge is 0.243 e. The van der Waals surface area contributed by atoms with E-state index in [1.807, 2.05) is 49.4 Å². The molecule has 0 radical (unpaired) electrons. The number of carbonyl (C=O) groups excluding carboxylic acids is 2. The monoisotopic (exact) mass is 472 g/mol. The van der Waals surface area contributed by atoms with E-state index in [0.717, 1.165) is 24.8 Å². The molecule has 1 unspecified atom stereocenters. The van der Waals surface area contributed by atoms with Gasteiger partial charge in [-0.25, -0.2) is 0 Å². The molecule has 2 aromatic carbocycles. The van der Waals surface area contributed by atoms with Gasteiger partial charge in [0, 0.05) is 23.4 Å². The molecule has 1 aliphatic carbocycles. The molecule has 1 fully saturated rings. The standard InChI is InChI=1S/C26H33ClN2O2S/c1-2-24(26(31)28-23-13-6-7-14-23)29(16-15-20-9-4-3-5-10-20)25(30)19-32-18-21-11-8-12-22(27)17-21/h3-5,8-12,17,23-24H,2,6-7,13-16,18-19H2,1H3,(H,28,31). The lowest BCUT2D eigenvalue weighted by Crippen LogP contribution is -2.52. The van der Waals surface area contributed by atoms with E-state index in [4.69, 9.17) is 11.6 Å². The van der Waals surface area contributed by atoms with Crippen molar-refractivity contribution in [3.05, 3.63) is 70.7 Å². The first kappa shape index (κ1) is 24.7. The maximum Gasteiger partial charge on any atom is 0.243 e. The molecule has 0 bridgehead atoms. The highest BCUT2D eigenvalue weighted by molar-refractivity contribution is 7.99. The maximum absolute atomic E-state index is 13.3. The first-order chi connectivity index (χ1) is 15.6. The Balaban J connectivity index is 1.64. The molecule has 3 rings (SSSR count). The molecule has 1 saturated carbocycles. The normalized spacial score (nSPS) is 14.8. The zero-order chi connectivity index (χ0) is 22.8. The van der Waals surface area contributed by atoms with Crippen molar-refractivity contribution in [2.75, 3.05) is 12.3 Å². The average molecular weight is 473 g/mol. The van der Waals surface area contributed by atoms with Crippen LogP contribution in [0.3, 0.4) is 0 Å². The van der Waals surface area contributed by atoms with E-state index in [1.54, 1.807) is 16.7 Å². The van der Waals surface area contributed by atoms with Crippen LogP contribution in [0.4, 0.5) is 0 Å². The molecule has 2 aromatic rings. The molecular formula is C26H33ClN2O2S. The first-order valence-corrected chi connectivity index (χ1v) is 13.1. The number of benzene rings is 2. The molecular weight excluding hydrogens is 440 g/mol. The zero-order valence-corrected chi connectivity index (χ0v) is 20.3. The molecule has 32 heavy (non-hydrogen) atoms. The van der Waals surface area contributed by atoms with Crippen LogP contribution in [0.1, 0.15) is 50.2 Å². The van der Waals surface area contributed by atoms with Gasteiger partial charge in [0.2, 0.25) is 11.8 Å². The summed E-state index contributed by atoms with van der Waals surface area (Å²) in [5.41, 5.74) is 2.26. The zero-order valence-electron chi connectivity index (χ0n) is 18.8. The van der Waals surface area contributed by atoms with Crippen LogP contribution < -0.4 is 5.32 Å². The summed E-state index contributed by atoms with van der Waals surface area (Å²) in [6, 6.07) is 17.7. The number of hydrogen-bond acceptors (Lipinski definition) is 3. The summed E-state index contributed by atoms with van der Waals surface area (Å²) in [6.07, 6.45) is 5.75. The summed E-state index contributed by atoms with van der Waals surface area (Å²) in [5.74, 6) is 1.06. The highest BCUT2D eigenvalue weighted by Gasteiger charge is 2.30. The van der Waals surface area contributed by atoms with Crippen LogP contribution in [0.25, 0.3) is 0 Å². The molecule has 6 heteroatoms. The fraction of sp³-hybridized carbons (Fsp3) is 0.462. The van der Waals surface area contributed by atoms with Crippen LogP contribution in [0.15, 0.2) is 54.6 Å². The lowest BCUT2D eigenvalue weighted by atomic mass is 10.1. The molecule has 0 saturated heterocycles. The van der Waals surface area contributed by atoms with Crippen molar-refractivity contribution in [2.24, 2.45) is 0 Å². The van der Waals surface area contributed by atoms with Gasteiger partial charge in [0.05, 0.1) is 5.75 Å². The van der Waals surface area contributed by atoms with Crippen molar-refractivity contribution in [1.82, 2.24) is 10.2 Å². The van der Waals surface area contributed by atoms with Crippen LogP contribution in [-0.2, 0) is 21.8 Å². The SMILES string of the molecule is CCC(C(=O)NC1CCCC1)N(CCc1ccccc1)C(=O)CSCc1cccc(Cl)c1. The molecule has 0 heterocycles. The first-order valence-electron chi connectivity index (χ1n) is 11.5. The van der Waals surface area contributed by atoms with Gasteiger partial charge in [-0.2, -0.15) is 0 Å². The van der Waals surface area contributed by atoms with Crippen LogP contribution in [0.2, 0.25) is 5.02 Å². The van der Waals surface area contributed by atoms with E-state index >= 15 is 0 Å². The average Bonchev–Trinajstić information content (AvgIpc) is 3.30. The number of thioether (sulfide) groups is 1. The summed E-state index contributed by atoms with van der Waals surface area (Å²) in [6.45, 7) is 2.53. The second-order valence-corrected chi connectivity index (χ2v) is 9.78. The Bertz CT molecular complexity index is 871. The van der Waals surface area contributed by atoms with E-state index in [-0.39, 0.29) is 17.9 Å².